The van der Waals surface area contributed by atoms with Gasteiger partial charge in [-0.25, -0.2) is 4.79 Å². The Balaban J connectivity index is 2.27. The summed E-state index contributed by atoms with van der Waals surface area (Å²) in [5.41, 5.74) is 2.48. The molecule has 1 aromatic carbocycles. The summed E-state index contributed by atoms with van der Waals surface area (Å²) in [5.74, 6) is -1.04. The van der Waals surface area contributed by atoms with Crippen LogP contribution in [-0.4, -0.2) is 25.8 Å². The molecule has 0 aliphatic heterocycles. The quantitative estimate of drug-likeness (QED) is 0.755. The van der Waals surface area contributed by atoms with E-state index in [1.54, 1.807) is 24.0 Å². The second-order valence-electron chi connectivity index (χ2n) is 4.21. The van der Waals surface area contributed by atoms with Crippen LogP contribution >= 0.6 is 11.6 Å². The van der Waals surface area contributed by atoms with Crippen LogP contribution in [-0.2, 0) is 7.05 Å². The third-order valence-electron chi connectivity index (χ3n) is 3.04. The summed E-state index contributed by atoms with van der Waals surface area (Å²) in [6.45, 7) is 0. The molecule has 0 unspecified atom stereocenters. The molecular weight excluding hydrogens is 266 g/mol. The number of carboxylic acids is 1. The first-order valence-electron chi connectivity index (χ1n) is 5.61. The molecular formula is C13H10ClN3O2. The van der Waals surface area contributed by atoms with Crippen LogP contribution in [0.1, 0.15) is 10.5 Å². The second-order valence-corrected chi connectivity index (χ2v) is 4.62. The number of rotatable bonds is 2. The molecule has 2 N–H and O–H groups in total. The van der Waals surface area contributed by atoms with Gasteiger partial charge in [0, 0.05) is 24.2 Å². The molecule has 0 bridgehead atoms. The number of aromatic carboxylic acids is 1. The van der Waals surface area contributed by atoms with Crippen molar-refractivity contribution in [2.75, 3.05) is 0 Å². The van der Waals surface area contributed by atoms with Gasteiger partial charge in [0.05, 0.1) is 16.2 Å². The van der Waals surface area contributed by atoms with Crippen LogP contribution in [0.25, 0.3) is 22.2 Å². The van der Waals surface area contributed by atoms with Crippen molar-refractivity contribution in [3.8, 4) is 11.3 Å². The summed E-state index contributed by atoms with van der Waals surface area (Å²) < 4.78 is 1.55. The Labute approximate surface area is 113 Å². The third-order valence-corrected chi connectivity index (χ3v) is 3.35. The fraction of sp³-hybridized carbons (Fsp3) is 0.0769. The Morgan fingerprint density at radius 1 is 1.47 bits per heavy atom. The number of hydrogen-bond donors (Lipinski definition) is 2. The summed E-state index contributed by atoms with van der Waals surface area (Å²) >= 11 is 6.08. The van der Waals surface area contributed by atoms with E-state index in [9.17, 15) is 4.79 Å². The largest absolute Gasteiger partial charge is 0.476 e. The molecule has 0 saturated carbocycles. The summed E-state index contributed by atoms with van der Waals surface area (Å²) in [6, 6.07) is 7.24. The number of nitrogens with one attached hydrogen (secondary N) is 1. The first-order valence-corrected chi connectivity index (χ1v) is 5.99. The highest BCUT2D eigenvalue weighted by atomic mass is 35.5. The molecule has 2 heterocycles. The molecule has 0 radical (unpaired) electrons. The van der Waals surface area contributed by atoms with E-state index in [-0.39, 0.29) is 5.69 Å². The van der Waals surface area contributed by atoms with Gasteiger partial charge in [0.2, 0.25) is 0 Å². The number of hydrogen-bond acceptors (Lipinski definition) is 2. The van der Waals surface area contributed by atoms with Crippen molar-refractivity contribution in [1.29, 1.82) is 0 Å². The number of H-pyrrole nitrogens is 1. The molecule has 0 aliphatic carbocycles. The summed E-state index contributed by atoms with van der Waals surface area (Å²) in [4.78, 5) is 14.1. The summed E-state index contributed by atoms with van der Waals surface area (Å²) in [6.07, 6.45) is 1.71. The van der Waals surface area contributed by atoms with Gasteiger partial charge in [-0.3, -0.25) is 4.68 Å². The molecule has 2 aromatic heterocycles. The van der Waals surface area contributed by atoms with E-state index in [1.807, 2.05) is 18.2 Å². The molecule has 0 fully saturated rings. The van der Waals surface area contributed by atoms with E-state index in [0.717, 1.165) is 22.2 Å². The Bertz CT molecular complexity index is 788. The highest BCUT2D eigenvalue weighted by molar-refractivity contribution is 6.35. The maximum atomic E-state index is 11.0. The fourth-order valence-electron chi connectivity index (χ4n) is 2.16. The number of aromatic amines is 1. The van der Waals surface area contributed by atoms with Gasteiger partial charge in [-0.15, -0.1) is 0 Å². The molecule has 3 aromatic rings. The highest BCUT2D eigenvalue weighted by Crippen LogP contribution is 2.31. The average Bonchev–Trinajstić information content (AvgIpc) is 2.94. The van der Waals surface area contributed by atoms with E-state index < -0.39 is 5.97 Å². The van der Waals surface area contributed by atoms with Crippen molar-refractivity contribution in [2.45, 2.75) is 0 Å². The van der Waals surface area contributed by atoms with Crippen LogP contribution in [0.15, 0.2) is 30.5 Å². The minimum atomic E-state index is -1.04. The average molecular weight is 276 g/mol. The zero-order chi connectivity index (χ0) is 13.6. The van der Waals surface area contributed by atoms with Gasteiger partial charge in [0.1, 0.15) is 0 Å². The number of para-hydroxylation sites is 1. The van der Waals surface area contributed by atoms with Crippen LogP contribution in [0, 0.1) is 0 Å². The van der Waals surface area contributed by atoms with Crippen LogP contribution in [0.2, 0.25) is 5.02 Å². The fourth-order valence-corrected chi connectivity index (χ4v) is 2.37. The van der Waals surface area contributed by atoms with E-state index in [1.165, 1.54) is 0 Å². The zero-order valence-electron chi connectivity index (χ0n) is 10.0. The normalized spacial score (nSPS) is 11.1. The van der Waals surface area contributed by atoms with Crippen molar-refractivity contribution < 1.29 is 9.90 Å². The van der Waals surface area contributed by atoms with Gasteiger partial charge in [0.25, 0.3) is 0 Å². The maximum Gasteiger partial charge on any atom is 0.356 e. The zero-order valence-corrected chi connectivity index (χ0v) is 10.8. The number of nitrogens with zero attached hydrogens (tertiary/aromatic N) is 2. The molecule has 3 rings (SSSR count). The number of fused-ring (bicyclic) bond motifs is 1. The van der Waals surface area contributed by atoms with Gasteiger partial charge in [0.15, 0.2) is 5.69 Å². The topological polar surface area (TPSA) is 70.9 Å². The molecule has 0 atom stereocenters. The van der Waals surface area contributed by atoms with E-state index in [2.05, 4.69) is 10.1 Å². The second kappa shape index (κ2) is 4.13. The lowest BCUT2D eigenvalue weighted by Gasteiger charge is -2.03. The van der Waals surface area contributed by atoms with Crippen molar-refractivity contribution in [1.82, 2.24) is 14.8 Å². The molecule has 96 valence electrons. The van der Waals surface area contributed by atoms with E-state index >= 15 is 0 Å². The number of halogens is 1. The van der Waals surface area contributed by atoms with Crippen molar-refractivity contribution >= 4 is 28.5 Å². The Kier molecular flexibility index (Phi) is 2.57. The Morgan fingerprint density at radius 3 is 2.95 bits per heavy atom. The molecule has 5 nitrogen and oxygen atoms in total. The van der Waals surface area contributed by atoms with Crippen molar-refractivity contribution in [3.63, 3.8) is 0 Å². The number of aromatic nitrogens is 3. The lowest BCUT2D eigenvalue weighted by atomic mass is 10.1. The standard InChI is InChI=1S/C13H10ClN3O2/c1-17-11(5-10(16-17)13(18)19)8-4-2-3-7-9(14)6-15-12(7)8/h2-6,15H,1H3,(H,18,19). The number of benzene rings is 1. The maximum absolute atomic E-state index is 11.0. The number of carbonyl (C=O) groups is 1. The van der Waals surface area contributed by atoms with Gasteiger partial charge in [-0.1, -0.05) is 29.8 Å². The van der Waals surface area contributed by atoms with Gasteiger partial charge < -0.3 is 10.1 Å². The minimum Gasteiger partial charge on any atom is -0.476 e. The van der Waals surface area contributed by atoms with Crippen LogP contribution in [0.5, 0.6) is 0 Å². The third kappa shape index (κ3) is 1.79. The van der Waals surface area contributed by atoms with Crippen LogP contribution in [0.4, 0.5) is 0 Å². The minimum absolute atomic E-state index is 0.0205. The lowest BCUT2D eigenvalue weighted by molar-refractivity contribution is 0.0689. The molecule has 6 heteroatoms. The van der Waals surface area contributed by atoms with E-state index in [0.29, 0.717) is 5.02 Å². The first kappa shape index (κ1) is 11.8. The SMILES string of the molecule is Cn1nc(C(=O)O)cc1-c1cccc2c(Cl)c[nH]c12. The first-order chi connectivity index (χ1) is 9.08. The number of carboxylic acid groups (broad SMARTS) is 1. The van der Waals surface area contributed by atoms with Gasteiger partial charge in [-0.2, -0.15) is 5.10 Å². The smallest absolute Gasteiger partial charge is 0.356 e. The monoisotopic (exact) mass is 275 g/mol. The van der Waals surface area contributed by atoms with E-state index in [4.69, 9.17) is 16.7 Å². The number of aryl methyl sites for hydroxylation is 1. The van der Waals surface area contributed by atoms with Crippen molar-refractivity contribution in [3.05, 3.63) is 41.2 Å². The van der Waals surface area contributed by atoms with Gasteiger partial charge >= 0.3 is 5.97 Å². The Morgan fingerprint density at radius 2 is 2.26 bits per heavy atom. The lowest BCUT2D eigenvalue weighted by Crippen LogP contribution is -1.99. The predicted molar refractivity (Wildman–Crippen MR) is 72.5 cm³/mol. The highest BCUT2D eigenvalue weighted by Gasteiger charge is 2.15. The predicted octanol–water partition coefficient (Wildman–Crippen LogP) is 2.92. The molecule has 0 saturated heterocycles. The summed E-state index contributed by atoms with van der Waals surface area (Å²) in [7, 11) is 1.71. The molecule has 0 aliphatic rings. The Hall–Kier alpha value is -2.27. The van der Waals surface area contributed by atoms with Gasteiger partial charge in [-0.05, 0) is 6.07 Å². The van der Waals surface area contributed by atoms with Crippen LogP contribution < -0.4 is 0 Å². The summed E-state index contributed by atoms with van der Waals surface area (Å²) in [5, 5.41) is 14.5. The molecule has 19 heavy (non-hydrogen) atoms. The van der Waals surface area contributed by atoms with Crippen molar-refractivity contribution in [2.24, 2.45) is 7.05 Å². The van der Waals surface area contributed by atoms with Crippen LogP contribution in [0.3, 0.4) is 0 Å². The molecule has 0 amide bonds. The molecule has 0 spiro atoms.